The van der Waals surface area contributed by atoms with Gasteiger partial charge in [0.15, 0.2) is 5.78 Å². The van der Waals surface area contributed by atoms with E-state index in [-0.39, 0.29) is 11.7 Å². The van der Waals surface area contributed by atoms with Gasteiger partial charge in [-0.3, -0.25) is 4.79 Å². The van der Waals surface area contributed by atoms with Crippen LogP contribution in [0.4, 0.5) is 0 Å². The minimum atomic E-state index is -0.0621. The highest BCUT2D eigenvalue weighted by Crippen LogP contribution is 2.27. The monoisotopic (exact) mass is 230 g/mol. The summed E-state index contributed by atoms with van der Waals surface area (Å²) >= 11 is 0. The van der Waals surface area contributed by atoms with E-state index in [9.17, 15) is 4.79 Å². The van der Waals surface area contributed by atoms with Crippen LogP contribution in [-0.4, -0.2) is 26.1 Å². The molecule has 0 bridgehead atoms. The predicted octanol–water partition coefficient (Wildman–Crippen LogP) is 1.90. The van der Waals surface area contributed by atoms with Crippen LogP contribution in [0.3, 0.4) is 0 Å². The van der Waals surface area contributed by atoms with E-state index in [2.05, 4.69) is 11.8 Å². The van der Waals surface area contributed by atoms with E-state index in [0.717, 1.165) is 5.56 Å². The third-order valence-electron chi connectivity index (χ3n) is 2.63. The van der Waals surface area contributed by atoms with E-state index in [1.807, 2.05) is 19.1 Å². The van der Waals surface area contributed by atoms with Crippen molar-refractivity contribution in [2.75, 3.05) is 20.3 Å². The van der Waals surface area contributed by atoms with Crippen molar-refractivity contribution in [3.05, 3.63) is 29.3 Å². The van der Waals surface area contributed by atoms with Gasteiger partial charge in [0.2, 0.25) is 0 Å². The van der Waals surface area contributed by atoms with Crippen molar-refractivity contribution < 1.29 is 14.3 Å². The third kappa shape index (κ3) is 2.48. The van der Waals surface area contributed by atoms with Gasteiger partial charge in [-0.25, -0.2) is 0 Å². The molecule has 1 aliphatic rings. The molecule has 0 aromatic heterocycles. The van der Waals surface area contributed by atoms with Crippen LogP contribution in [0, 0.1) is 17.8 Å². The Kier molecular flexibility index (Phi) is 3.46. The maximum atomic E-state index is 11.9. The third-order valence-corrected chi connectivity index (χ3v) is 2.63. The van der Waals surface area contributed by atoms with E-state index in [1.54, 1.807) is 13.2 Å². The molecule has 3 nitrogen and oxygen atoms in total. The summed E-state index contributed by atoms with van der Waals surface area (Å²) in [6.45, 7) is 2.71. The van der Waals surface area contributed by atoms with Crippen LogP contribution in [0.25, 0.3) is 0 Å². The van der Waals surface area contributed by atoms with Gasteiger partial charge in [-0.15, -0.1) is 0 Å². The number of carbonyl (C=O) groups is 1. The van der Waals surface area contributed by atoms with Gasteiger partial charge in [0.25, 0.3) is 0 Å². The van der Waals surface area contributed by atoms with Crippen LogP contribution in [-0.2, 0) is 4.74 Å². The molecule has 1 aromatic rings. The first-order valence-electron chi connectivity index (χ1n) is 5.51. The molecule has 1 heterocycles. The molecule has 88 valence electrons. The van der Waals surface area contributed by atoms with Crippen LogP contribution in [0.1, 0.15) is 22.8 Å². The van der Waals surface area contributed by atoms with Crippen molar-refractivity contribution in [2.24, 2.45) is 5.92 Å². The zero-order valence-electron chi connectivity index (χ0n) is 9.95. The second-order valence-corrected chi connectivity index (χ2v) is 4.02. The summed E-state index contributed by atoms with van der Waals surface area (Å²) in [5.41, 5.74) is 1.49. The molecule has 2 rings (SSSR count). The molecule has 0 saturated carbocycles. The van der Waals surface area contributed by atoms with Gasteiger partial charge >= 0.3 is 0 Å². The van der Waals surface area contributed by atoms with Gasteiger partial charge in [-0.1, -0.05) is 18.8 Å². The van der Waals surface area contributed by atoms with Crippen molar-refractivity contribution in [3.63, 3.8) is 0 Å². The maximum absolute atomic E-state index is 11.9. The van der Waals surface area contributed by atoms with Crippen molar-refractivity contribution in [2.45, 2.75) is 6.92 Å². The number of ether oxygens (including phenoxy) is 2. The number of fused-ring (bicyclic) bond motifs is 1. The largest absolute Gasteiger partial charge is 0.492 e. The molecule has 17 heavy (non-hydrogen) atoms. The molecule has 0 N–H and O–H groups in total. The molecule has 1 unspecified atom stereocenters. The van der Waals surface area contributed by atoms with Crippen molar-refractivity contribution >= 4 is 5.78 Å². The van der Waals surface area contributed by atoms with E-state index in [1.165, 1.54) is 0 Å². The van der Waals surface area contributed by atoms with Crippen molar-refractivity contribution in [1.29, 1.82) is 0 Å². The normalized spacial score (nSPS) is 17.8. The molecule has 0 aliphatic carbocycles. The van der Waals surface area contributed by atoms with Gasteiger partial charge in [0, 0.05) is 12.7 Å². The number of Topliss-reactive ketones (excluding diaryl/α,β-unsaturated/α-hetero) is 1. The van der Waals surface area contributed by atoms with Gasteiger partial charge < -0.3 is 9.47 Å². The number of ketones is 1. The topological polar surface area (TPSA) is 35.5 Å². The molecule has 0 amide bonds. The summed E-state index contributed by atoms with van der Waals surface area (Å²) in [5.74, 6) is 6.54. The summed E-state index contributed by atoms with van der Waals surface area (Å²) < 4.78 is 10.4. The van der Waals surface area contributed by atoms with Crippen LogP contribution >= 0.6 is 0 Å². The SMILES string of the molecule is COCC#Cc1ccc2c(c1)OCC(C)C2=O. The number of hydrogen-bond donors (Lipinski definition) is 0. The highest BCUT2D eigenvalue weighted by Gasteiger charge is 2.24. The number of carbonyl (C=O) groups excluding carboxylic acids is 1. The Hall–Kier alpha value is -1.79. The first-order valence-corrected chi connectivity index (χ1v) is 5.51. The Morgan fingerprint density at radius 1 is 1.53 bits per heavy atom. The smallest absolute Gasteiger partial charge is 0.172 e. The highest BCUT2D eigenvalue weighted by molar-refractivity contribution is 6.01. The average molecular weight is 230 g/mol. The van der Waals surface area contributed by atoms with Crippen molar-refractivity contribution in [3.8, 4) is 17.6 Å². The molecule has 1 aromatic carbocycles. The van der Waals surface area contributed by atoms with Gasteiger partial charge in [0.1, 0.15) is 12.4 Å². The summed E-state index contributed by atoms with van der Waals surface area (Å²) in [7, 11) is 1.60. The van der Waals surface area contributed by atoms with Crippen LogP contribution in [0.15, 0.2) is 18.2 Å². The van der Waals surface area contributed by atoms with Gasteiger partial charge in [-0.05, 0) is 18.2 Å². The minimum absolute atomic E-state index is 0.0621. The summed E-state index contributed by atoms with van der Waals surface area (Å²) in [6, 6.07) is 5.42. The molecule has 0 radical (unpaired) electrons. The molecule has 1 atom stereocenters. The lowest BCUT2D eigenvalue weighted by molar-refractivity contribution is 0.0849. The van der Waals surface area contributed by atoms with Gasteiger partial charge in [-0.2, -0.15) is 0 Å². The lowest BCUT2D eigenvalue weighted by Gasteiger charge is -2.21. The quantitative estimate of drug-likeness (QED) is 0.691. The lowest BCUT2D eigenvalue weighted by atomic mass is 9.96. The van der Waals surface area contributed by atoms with Crippen LogP contribution in [0.5, 0.6) is 5.75 Å². The Bertz CT molecular complexity index is 494. The zero-order chi connectivity index (χ0) is 12.3. The van der Waals surface area contributed by atoms with Gasteiger partial charge in [0.05, 0.1) is 18.1 Å². The molecular weight excluding hydrogens is 216 g/mol. The first-order chi connectivity index (χ1) is 8.22. The van der Waals surface area contributed by atoms with Crippen molar-refractivity contribution in [1.82, 2.24) is 0 Å². The summed E-state index contributed by atoms with van der Waals surface area (Å²) in [4.78, 5) is 11.9. The average Bonchev–Trinajstić information content (AvgIpc) is 2.34. The molecule has 3 heteroatoms. The maximum Gasteiger partial charge on any atom is 0.172 e. The second kappa shape index (κ2) is 5.03. The van der Waals surface area contributed by atoms with Crippen LogP contribution in [0.2, 0.25) is 0 Å². The molecule has 0 spiro atoms. The Morgan fingerprint density at radius 3 is 3.12 bits per heavy atom. The van der Waals surface area contributed by atoms with E-state index in [0.29, 0.717) is 24.5 Å². The Balaban J connectivity index is 2.27. The highest BCUT2D eigenvalue weighted by atomic mass is 16.5. The number of rotatable bonds is 1. The van der Waals surface area contributed by atoms with E-state index < -0.39 is 0 Å². The molecule has 0 saturated heterocycles. The predicted molar refractivity (Wildman–Crippen MR) is 64.2 cm³/mol. The Morgan fingerprint density at radius 2 is 2.35 bits per heavy atom. The summed E-state index contributed by atoms with van der Waals surface area (Å²) in [5, 5.41) is 0. The molecular formula is C14H14O3. The first kappa shape index (κ1) is 11.7. The van der Waals surface area contributed by atoms with E-state index in [4.69, 9.17) is 9.47 Å². The lowest BCUT2D eigenvalue weighted by Crippen LogP contribution is -2.25. The molecule has 1 aliphatic heterocycles. The molecule has 0 fully saturated rings. The van der Waals surface area contributed by atoms with E-state index >= 15 is 0 Å². The standard InChI is InChI=1S/C14H14O3/c1-10-9-17-13-8-11(4-3-7-16-2)5-6-12(13)14(10)15/h5-6,8,10H,7,9H2,1-2H3. The fraction of sp³-hybridized carbons (Fsp3) is 0.357. The number of methoxy groups -OCH3 is 1. The number of benzene rings is 1. The second-order valence-electron chi connectivity index (χ2n) is 4.02. The minimum Gasteiger partial charge on any atom is -0.492 e. The summed E-state index contributed by atoms with van der Waals surface area (Å²) in [6.07, 6.45) is 0. The zero-order valence-corrected chi connectivity index (χ0v) is 9.95. The number of hydrogen-bond acceptors (Lipinski definition) is 3. The Labute approximate surface area is 101 Å². The van der Waals surface area contributed by atoms with Crippen LogP contribution < -0.4 is 4.74 Å². The fourth-order valence-electron chi connectivity index (χ4n) is 1.69. The fourth-order valence-corrected chi connectivity index (χ4v) is 1.69.